The van der Waals surface area contributed by atoms with Gasteiger partial charge in [0.15, 0.2) is 11.5 Å². The molecule has 1 N–H and O–H groups in total. The molecule has 0 unspecified atom stereocenters. The molecule has 4 rings (SSSR count). The second-order valence-electron chi connectivity index (χ2n) is 8.04. The van der Waals surface area contributed by atoms with Crippen molar-refractivity contribution in [2.24, 2.45) is 5.10 Å². The van der Waals surface area contributed by atoms with E-state index in [1.165, 1.54) is 5.56 Å². The minimum Gasteiger partial charge on any atom is -0.493 e. The Labute approximate surface area is 190 Å². The summed E-state index contributed by atoms with van der Waals surface area (Å²) in [6, 6.07) is 10.1. The van der Waals surface area contributed by atoms with E-state index in [9.17, 15) is 4.79 Å². The Morgan fingerprint density at radius 2 is 1.97 bits per heavy atom. The number of carbonyl (C=O) groups is 1. The molecule has 7 nitrogen and oxygen atoms in total. The topological polar surface area (TPSA) is 76.0 Å². The number of pyridine rings is 1. The molecule has 2 aliphatic rings. The van der Waals surface area contributed by atoms with Gasteiger partial charge in [-0.15, -0.1) is 0 Å². The Bertz CT molecular complexity index is 947. The molecule has 1 saturated heterocycles. The fraction of sp³-hybridized carbons (Fsp3) is 0.480. The van der Waals surface area contributed by atoms with Crippen molar-refractivity contribution in [2.75, 3.05) is 27.8 Å². The summed E-state index contributed by atoms with van der Waals surface area (Å²) in [7, 11) is 5.50. The molecule has 172 valence electrons. The lowest BCUT2D eigenvalue weighted by Gasteiger charge is -2.42. The number of likely N-dealkylation sites (N-methyl/N-ethyl adjacent to an activating group) is 1. The lowest BCUT2D eigenvalue weighted by molar-refractivity contribution is 0.0954. The quantitative estimate of drug-likeness (QED) is 0.713. The second-order valence-corrected chi connectivity index (χ2v) is 8.04. The van der Waals surface area contributed by atoms with Crippen molar-refractivity contribution in [3.05, 3.63) is 53.9 Å². The fourth-order valence-electron chi connectivity index (χ4n) is 4.88. The van der Waals surface area contributed by atoms with Crippen molar-refractivity contribution >= 4 is 11.6 Å². The number of fused-ring (bicyclic) bond motifs is 1. The zero-order valence-corrected chi connectivity index (χ0v) is 19.7. The van der Waals surface area contributed by atoms with Gasteiger partial charge in [-0.05, 0) is 62.7 Å². The van der Waals surface area contributed by atoms with Gasteiger partial charge in [-0.1, -0.05) is 19.9 Å². The molecule has 1 aromatic heterocycles. The van der Waals surface area contributed by atoms with Gasteiger partial charge >= 0.3 is 0 Å². The predicted octanol–water partition coefficient (Wildman–Crippen LogP) is 4.04. The molecule has 1 aromatic carbocycles. The van der Waals surface area contributed by atoms with Gasteiger partial charge in [0.25, 0.3) is 5.91 Å². The highest BCUT2D eigenvalue weighted by molar-refractivity contribution is 5.95. The molecular weight excluding hydrogens is 404 g/mol. The average molecular weight is 439 g/mol. The highest BCUT2D eigenvalue weighted by Crippen LogP contribution is 2.49. The molecule has 1 amide bonds. The highest BCUT2D eigenvalue weighted by Gasteiger charge is 2.49. The van der Waals surface area contributed by atoms with Crippen LogP contribution in [0.1, 0.15) is 55.5 Å². The van der Waals surface area contributed by atoms with E-state index in [1.807, 2.05) is 19.9 Å². The largest absolute Gasteiger partial charge is 0.493 e. The number of benzene rings is 1. The summed E-state index contributed by atoms with van der Waals surface area (Å²) in [4.78, 5) is 18.7. The predicted molar refractivity (Wildman–Crippen MR) is 127 cm³/mol. The first kappa shape index (κ1) is 23.7. The summed E-state index contributed by atoms with van der Waals surface area (Å²) >= 11 is 0. The average Bonchev–Trinajstić information content (AvgIpc) is 3.20. The number of aromatic nitrogens is 1. The monoisotopic (exact) mass is 438 g/mol. The van der Waals surface area contributed by atoms with E-state index in [0.717, 1.165) is 49.4 Å². The molecule has 7 heteroatoms. The van der Waals surface area contributed by atoms with E-state index in [2.05, 4.69) is 39.6 Å². The number of hydrazone groups is 1. The lowest BCUT2D eigenvalue weighted by Crippen LogP contribution is -2.46. The molecule has 0 bridgehead atoms. The Balaban J connectivity index is 0.00000141. The number of methoxy groups -OCH3 is 2. The molecule has 2 fully saturated rings. The normalized spacial score (nSPS) is 23.7. The zero-order chi connectivity index (χ0) is 23.1. The number of carbonyl (C=O) groups excluding carboxylic acids is 1. The van der Waals surface area contributed by atoms with E-state index in [4.69, 9.17) is 9.47 Å². The Morgan fingerprint density at radius 1 is 1.19 bits per heavy atom. The molecule has 2 aromatic rings. The van der Waals surface area contributed by atoms with Gasteiger partial charge in [0.05, 0.1) is 19.8 Å². The maximum absolute atomic E-state index is 12.3. The second kappa shape index (κ2) is 10.6. The first-order chi connectivity index (χ1) is 15.6. The molecule has 2 heterocycles. The van der Waals surface area contributed by atoms with Crippen molar-refractivity contribution in [1.29, 1.82) is 0 Å². The van der Waals surface area contributed by atoms with Crippen LogP contribution in [0.15, 0.2) is 47.8 Å². The molecule has 0 radical (unpaired) electrons. The first-order valence-corrected chi connectivity index (χ1v) is 11.3. The summed E-state index contributed by atoms with van der Waals surface area (Å²) in [6.45, 7) is 5.04. The van der Waals surface area contributed by atoms with E-state index in [-0.39, 0.29) is 11.3 Å². The van der Waals surface area contributed by atoms with Gasteiger partial charge in [-0.25, -0.2) is 5.43 Å². The van der Waals surface area contributed by atoms with E-state index in [1.54, 1.807) is 38.7 Å². The number of rotatable bonds is 5. The van der Waals surface area contributed by atoms with Crippen LogP contribution in [0.5, 0.6) is 11.5 Å². The third-order valence-corrected chi connectivity index (χ3v) is 6.57. The van der Waals surface area contributed by atoms with Gasteiger partial charge in [0.2, 0.25) is 0 Å². The maximum atomic E-state index is 12.3. The SMILES string of the molecule is CC.COc1ccc([C@@]23CC/C(=N/NC(=O)c4cccnc4)C[C@@H]2N(C)CC3)cc1OC. The van der Waals surface area contributed by atoms with Crippen LogP contribution in [0.2, 0.25) is 0 Å². The number of ether oxygens (including phenoxy) is 2. The number of amides is 1. The number of nitrogens with one attached hydrogen (secondary N) is 1. The van der Waals surface area contributed by atoms with Crippen molar-refractivity contribution in [1.82, 2.24) is 15.3 Å². The minimum atomic E-state index is -0.230. The van der Waals surface area contributed by atoms with Crippen LogP contribution in [0, 0.1) is 0 Å². The molecular formula is C25H34N4O3. The summed E-state index contributed by atoms with van der Waals surface area (Å²) in [5.74, 6) is 1.28. The highest BCUT2D eigenvalue weighted by atomic mass is 16.5. The van der Waals surface area contributed by atoms with Crippen molar-refractivity contribution < 1.29 is 14.3 Å². The van der Waals surface area contributed by atoms with Crippen molar-refractivity contribution in [3.8, 4) is 11.5 Å². The van der Waals surface area contributed by atoms with Crippen LogP contribution in [0.25, 0.3) is 0 Å². The van der Waals surface area contributed by atoms with Gasteiger partial charge in [0, 0.05) is 36.0 Å². The van der Waals surface area contributed by atoms with Gasteiger partial charge in [0.1, 0.15) is 0 Å². The Hall–Kier alpha value is -2.93. The smallest absolute Gasteiger partial charge is 0.272 e. The van der Waals surface area contributed by atoms with Crippen LogP contribution in [0.3, 0.4) is 0 Å². The first-order valence-electron chi connectivity index (χ1n) is 11.3. The van der Waals surface area contributed by atoms with Crippen LogP contribution in [0.4, 0.5) is 0 Å². The molecule has 1 saturated carbocycles. The summed E-state index contributed by atoms with van der Waals surface area (Å²) < 4.78 is 11.0. The summed E-state index contributed by atoms with van der Waals surface area (Å²) in [5, 5.41) is 4.46. The standard InChI is InChI=1S/C23H28N4O3.C2H6/c1-27-12-10-23(17-6-7-19(29-2)20(13-17)30-3)9-8-18(14-21(23)27)25-26-22(28)16-5-4-11-24-15-16;1-2/h4-7,11,13,15,21H,8-10,12,14H2,1-3H3,(H,26,28);1-2H3/b25-18-;/t21-,23-;/m0./s1. The molecule has 0 spiro atoms. The number of hydrogen-bond acceptors (Lipinski definition) is 6. The number of nitrogens with zero attached hydrogens (tertiary/aromatic N) is 3. The van der Waals surface area contributed by atoms with E-state index in [0.29, 0.717) is 11.6 Å². The third kappa shape index (κ3) is 4.63. The Morgan fingerprint density at radius 3 is 2.66 bits per heavy atom. The van der Waals surface area contributed by atoms with Gasteiger partial charge in [-0.2, -0.15) is 5.10 Å². The summed E-state index contributed by atoms with van der Waals surface area (Å²) in [5.41, 5.74) is 5.58. The fourth-order valence-corrected chi connectivity index (χ4v) is 4.88. The molecule has 32 heavy (non-hydrogen) atoms. The van der Waals surface area contributed by atoms with Crippen LogP contribution >= 0.6 is 0 Å². The van der Waals surface area contributed by atoms with E-state index >= 15 is 0 Å². The zero-order valence-electron chi connectivity index (χ0n) is 19.7. The van der Waals surface area contributed by atoms with Gasteiger partial charge < -0.3 is 14.4 Å². The molecule has 1 aliphatic heterocycles. The van der Waals surface area contributed by atoms with Crippen LogP contribution in [-0.4, -0.2) is 55.4 Å². The maximum Gasteiger partial charge on any atom is 0.272 e. The van der Waals surface area contributed by atoms with Crippen LogP contribution < -0.4 is 14.9 Å². The molecule has 2 atom stereocenters. The van der Waals surface area contributed by atoms with Crippen LogP contribution in [-0.2, 0) is 5.41 Å². The van der Waals surface area contributed by atoms with Crippen molar-refractivity contribution in [3.63, 3.8) is 0 Å². The van der Waals surface area contributed by atoms with Gasteiger partial charge in [-0.3, -0.25) is 9.78 Å². The molecule has 1 aliphatic carbocycles. The number of hydrogen-bond donors (Lipinski definition) is 1. The number of likely N-dealkylation sites (tertiary alicyclic amines) is 1. The minimum absolute atomic E-state index is 0.0562. The van der Waals surface area contributed by atoms with E-state index < -0.39 is 0 Å². The lowest BCUT2D eigenvalue weighted by atomic mass is 9.65. The Kier molecular flexibility index (Phi) is 7.85. The third-order valence-electron chi connectivity index (χ3n) is 6.57. The summed E-state index contributed by atoms with van der Waals surface area (Å²) in [6.07, 6.45) is 6.96. The van der Waals surface area contributed by atoms with Crippen molar-refractivity contribution in [2.45, 2.75) is 51.0 Å².